The molecular weight excluding hydrogens is 723 g/mol. The van der Waals surface area contributed by atoms with Gasteiger partial charge in [0, 0.05) is 0 Å². The zero-order valence-electron chi connectivity index (χ0n) is 39.2. The van der Waals surface area contributed by atoms with Crippen molar-refractivity contribution >= 4 is 25.8 Å². The summed E-state index contributed by atoms with van der Waals surface area (Å²) < 4.78 is 0. The van der Waals surface area contributed by atoms with Crippen LogP contribution in [0.25, 0.3) is 0 Å². The van der Waals surface area contributed by atoms with Crippen molar-refractivity contribution < 1.29 is 0 Å². The summed E-state index contributed by atoms with van der Waals surface area (Å²) in [4.78, 5) is 0. The van der Waals surface area contributed by atoms with Crippen molar-refractivity contribution in [1.82, 2.24) is 0 Å². The molecular formula is C55H100P2. The van der Waals surface area contributed by atoms with Gasteiger partial charge in [-0.05, 0) is 0 Å². The third-order valence-electron chi connectivity index (χ3n) is 13.5. The molecule has 2 rings (SSSR count). The second-order valence-electron chi connectivity index (χ2n) is 18.8. The summed E-state index contributed by atoms with van der Waals surface area (Å²) in [5, 5.41) is 4.18. The van der Waals surface area contributed by atoms with Crippen molar-refractivity contribution in [3.05, 3.63) is 60.7 Å². The van der Waals surface area contributed by atoms with E-state index in [0.29, 0.717) is 0 Å². The molecule has 1 unspecified atom stereocenters. The topological polar surface area (TPSA) is 0 Å². The first kappa shape index (κ1) is 52.4. The summed E-state index contributed by atoms with van der Waals surface area (Å²) in [7, 11) is -1.92. The first-order valence-corrected chi connectivity index (χ1v) is 30.5. The van der Waals surface area contributed by atoms with Crippen LogP contribution in [0.15, 0.2) is 60.7 Å². The number of hydrogen-bond acceptors (Lipinski definition) is 0. The molecule has 0 fully saturated rings. The normalized spacial score (nSPS) is 12.8. The molecule has 0 aliphatic carbocycles. The van der Waals surface area contributed by atoms with E-state index in [-0.39, 0.29) is 7.92 Å². The van der Waals surface area contributed by atoms with Gasteiger partial charge in [0.15, 0.2) is 0 Å². The Morgan fingerprint density at radius 2 is 0.579 bits per heavy atom. The predicted octanol–water partition coefficient (Wildman–Crippen LogP) is 18.9. The summed E-state index contributed by atoms with van der Waals surface area (Å²) in [6.07, 6.45) is 55.4. The van der Waals surface area contributed by atoms with Crippen LogP contribution >= 0.6 is 15.2 Å². The molecule has 0 aliphatic heterocycles. The van der Waals surface area contributed by atoms with E-state index in [9.17, 15) is 0 Å². The standard InChI is InChI=1S/C55H100P2/c1-5-8-11-14-17-19-21-23-25-27-29-32-35-44-51-57(4,52-45-36-33-30-28-26-24-22-20-18-15-12-9-6-2)55(50-43-34-31-16-13-10-7-3)56(53-46-39-37-40-47-53)54-48-41-38-42-49-54/h37-42,46-49,55,57H,5-36,43-45,50-52H2,1-4H3. The monoisotopic (exact) mass is 823 g/mol. The van der Waals surface area contributed by atoms with Gasteiger partial charge in [0.2, 0.25) is 0 Å². The van der Waals surface area contributed by atoms with Crippen LogP contribution in [-0.4, -0.2) is 24.4 Å². The van der Waals surface area contributed by atoms with Gasteiger partial charge in [-0.1, -0.05) is 52.4 Å². The van der Waals surface area contributed by atoms with Gasteiger partial charge in [0.25, 0.3) is 0 Å². The summed E-state index contributed by atoms with van der Waals surface area (Å²) in [5.74, 6) is 0. The molecule has 0 saturated carbocycles. The Morgan fingerprint density at radius 3 is 0.860 bits per heavy atom. The third-order valence-corrected chi connectivity index (χ3v) is 23.6. The van der Waals surface area contributed by atoms with Crippen LogP contribution in [0.2, 0.25) is 0 Å². The minimum absolute atomic E-state index is 0.356. The van der Waals surface area contributed by atoms with E-state index in [1.165, 1.54) is 231 Å². The predicted molar refractivity (Wildman–Crippen MR) is 270 cm³/mol. The van der Waals surface area contributed by atoms with Crippen LogP contribution in [0.1, 0.15) is 252 Å². The van der Waals surface area contributed by atoms with Crippen molar-refractivity contribution in [2.75, 3.05) is 19.0 Å². The summed E-state index contributed by atoms with van der Waals surface area (Å²) in [5.41, 5.74) is 0. The molecule has 0 amide bonds. The van der Waals surface area contributed by atoms with Crippen LogP contribution in [0.5, 0.6) is 0 Å². The zero-order chi connectivity index (χ0) is 40.8. The molecule has 0 spiro atoms. The number of hydrogen-bond donors (Lipinski definition) is 0. The van der Waals surface area contributed by atoms with Gasteiger partial charge in [-0.2, -0.15) is 0 Å². The molecule has 330 valence electrons. The van der Waals surface area contributed by atoms with Crippen molar-refractivity contribution in [3.63, 3.8) is 0 Å². The fourth-order valence-electron chi connectivity index (χ4n) is 9.68. The molecule has 0 aromatic heterocycles. The van der Waals surface area contributed by atoms with Gasteiger partial charge in [-0.3, -0.25) is 0 Å². The van der Waals surface area contributed by atoms with Crippen LogP contribution < -0.4 is 10.6 Å². The Bertz CT molecular complexity index is 1010. The summed E-state index contributed by atoms with van der Waals surface area (Å²) >= 11 is 0. The SMILES string of the molecule is CCCCCCCCCCCCCCCC[PH](C)(CCCCCCCCCCCCCCCC)C(CCCCCCCCC)P(c1ccccc1)c1ccccc1. The second kappa shape index (κ2) is 38.2. The quantitative estimate of drug-likeness (QED) is 0.0462. The first-order valence-electron chi connectivity index (χ1n) is 26.1. The van der Waals surface area contributed by atoms with E-state index in [1.54, 1.807) is 22.9 Å². The molecule has 0 saturated heterocycles. The third kappa shape index (κ3) is 27.0. The van der Waals surface area contributed by atoms with E-state index in [0.717, 1.165) is 5.40 Å². The molecule has 2 aromatic rings. The maximum absolute atomic E-state index is 2.92. The van der Waals surface area contributed by atoms with E-state index >= 15 is 0 Å². The molecule has 0 heterocycles. The fourth-order valence-corrected chi connectivity index (χ4v) is 20.2. The molecule has 1 atom stereocenters. The second-order valence-corrected chi connectivity index (χ2v) is 26.7. The molecule has 0 nitrogen and oxygen atoms in total. The number of benzene rings is 2. The molecule has 0 bridgehead atoms. The van der Waals surface area contributed by atoms with E-state index in [1.807, 2.05) is 0 Å². The molecule has 57 heavy (non-hydrogen) atoms. The van der Waals surface area contributed by atoms with Crippen molar-refractivity contribution in [2.45, 2.75) is 257 Å². The average Bonchev–Trinajstić information content (AvgIpc) is 3.24. The fraction of sp³-hybridized carbons (Fsp3) is 0.782. The van der Waals surface area contributed by atoms with Gasteiger partial charge < -0.3 is 0 Å². The molecule has 0 N–H and O–H groups in total. The first-order chi connectivity index (χ1) is 28.2. The van der Waals surface area contributed by atoms with E-state index in [4.69, 9.17) is 0 Å². The Morgan fingerprint density at radius 1 is 0.333 bits per heavy atom. The Labute approximate surface area is 361 Å². The van der Waals surface area contributed by atoms with Crippen LogP contribution in [-0.2, 0) is 0 Å². The van der Waals surface area contributed by atoms with Crippen molar-refractivity contribution in [1.29, 1.82) is 0 Å². The molecule has 2 aromatic carbocycles. The van der Waals surface area contributed by atoms with Gasteiger partial charge in [0.05, 0.1) is 0 Å². The van der Waals surface area contributed by atoms with Gasteiger partial charge in [-0.15, -0.1) is 0 Å². The average molecular weight is 823 g/mol. The van der Waals surface area contributed by atoms with Gasteiger partial charge in [0.1, 0.15) is 0 Å². The Kier molecular flexibility index (Phi) is 35.2. The molecule has 0 aliphatic rings. The minimum atomic E-state index is -1.57. The Balaban J connectivity index is 2.02. The zero-order valence-corrected chi connectivity index (χ0v) is 41.1. The van der Waals surface area contributed by atoms with Crippen LogP contribution in [0.4, 0.5) is 0 Å². The number of unbranched alkanes of at least 4 members (excludes halogenated alkanes) is 32. The van der Waals surface area contributed by atoms with Gasteiger partial charge >= 0.3 is 310 Å². The maximum atomic E-state index is 2.92. The van der Waals surface area contributed by atoms with E-state index < -0.39 is 7.26 Å². The number of rotatable bonds is 42. The van der Waals surface area contributed by atoms with E-state index in [2.05, 4.69) is 88.1 Å². The molecule has 2 heteroatoms. The Hall–Kier alpha value is -0.700. The molecule has 0 radical (unpaired) electrons. The van der Waals surface area contributed by atoms with Crippen molar-refractivity contribution in [2.24, 2.45) is 0 Å². The summed E-state index contributed by atoms with van der Waals surface area (Å²) in [6, 6.07) is 23.8. The van der Waals surface area contributed by atoms with Crippen LogP contribution in [0.3, 0.4) is 0 Å². The van der Waals surface area contributed by atoms with Crippen molar-refractivity contribution in [3.8, 4) is 0 Å². The summed E-state index contributed by atoms with van der Waals surface area (Å²) in [6.45, 7) is 9.92. The van der Waals surface area contributed by atoms with Crippen LogP contribution in [0, 0.1) is 0 Å². The van der Waals surface area contributed by atoms with Gasteiger partial charge in [-0.25, -0.2) is 0 Å².